The molecule has 8 aromatic rings. The van der Waals surface area contributed by atoms with Crippen molar-refractivity contribution in [2.75, 3.05) is 4.90 Å². The van der Waals surface area contributed by atoms with Gasteiger partial charge >= 0.3 is 0 Å². The molecule has 2 heterocycles. The average molecular weight is 550 g/mol. The van der Waals surface area contributed by atoms with Crippen LogP contribution in [0, 0.1) is 6.92 Å². The largest absolute Gasteiger partial charge is 0.306 e. The van der Waals surface area contributed by atoms with Crippen molar-refractivity contribution in [2.45, 2.75) is 6.92 Å². The van der Waals surface area contributed by atoms with Crippen LogP contribution in [0.1, 0.15) is 5.82 Å². The van der Waals surface area contributed by atoms with Gasteiger partial charge in [-0.1, -0.05) is 103 Å². The van der Waals surface area contributed by atoms with Crippen molar-refractivity contribution in [1.82, 2.24) is 9.55 Å². The number of hydrogen-bond acceptors (Lipinski definition) is 2. The fraction of sp³-hybridized carbons (Fsp3) is 0.0250. The van der Waals surface area contributed by atoms with E-state index < -0.39 is 0 Å². The minimum Gasteiger partial charge on any atom is -0.306 e. The first-order chi connectivity index (χ1) is 21.2. The Bertz CT molecular complexity index is 2350. The lowest BCUT2D eigenvalue weighted by atomic mass is 9.92. The number of anilines is 3. The van der Waals surface area contributed by atoms with E-state index in [2.05, 4.69) is 162 Å². The van der Waals surface area contributed by atoms with Gasteiger partial charge in [0.15, 0.2) is 0 Å². The van der Waals surface area contributed by atoms with Crippen molar-refractivity contribution in [1.29, 1.82) is 0 Å². The van der Waals surface area contributed by atoms with Crippen molar-refractivity contribution < 1.29 is 0 Å². The Labute approximate surface area is 249 Å². The number of hydrogen-bond donors (Lipinski definition) is 0. The van der Waals surface area contributed by atoms with E-state index in [1.807, 2.05) is 0 Å². The van der Waals surface area contributed by atoms with Gasteiger partial charge in [-0.2, -0.15) is 0 Å². The van der Waals surface area contributed by atoms with E-state index in [1.54, 1.807) is 0 Å². The van der Waals surface area contributed by atoms with Crippen molar-refractivity contribution in [2.24, 2.45) is 0 Å². The number of rotatable bonds is 3. The van der Waals surface area contributed by atoms with Gasteiger partial charge in [0.05, 0.1) is 28.1 Å². The van der Waals surface area contributed by atoms with E-state index in [4.69, 9.17) is 4.98 Å². The summed E-state index contributed by atoms with van der Waals surface area (Å²) in [5.41, 5.74) is 11.6. The molecule has 0 N–H and O–H groups in total. The van der Waals surface area contributed by atoms with Gasteiger partial charge in [0.1, 0.15) is 5.82 Å². The quantitative estimate of drug-likeness (QED) is 0.204. The summed E-state index contributed by atoms with van der Waals surface area (Å²) in [6, 6.07) is 52.6. The molecule has 1 aliphatic heterocycles. The summed E-state index contributed by atoms with van der Waals surface area (Å²) in [4.78, 5) is 7.28. The van der Waals surface area contributed by atoms with E-state index in [-0.39, 0.29) is 0 Å². The molecule has 1 aromatic heterocycles. The highest BCUT2D eigenvalue weighted by molar-refractivity contribution is 6.13. The summed E-state index contributed by atoms with van der Waals surface area (Å²) in [5, 5.41) is 5.13. The van der Waals surface area contributed by atoms with Gasteiger partial charge in [0.2, 0.25) is 0 Å². The van der Waals surface area contributed by atoms with Crippen LogP contribution in [0.4, 0.5) is 17.1 Å². The molecule has 0 aliphatic carbocycles. The maximum atomic E-state index is 4.91. The van der Waals surface area contributed by atoms with Gasteiger partial charge in [-0.3, -0.25) is 4.57 Å². The van der Waals surface area contributed by atoms with E-state index in [0.29, 0.717) is 0 Å². The van der Waals surface area contributed by atoms with Gasteiger partial charge < -0.3 is 4.90 Å². The molecule has 43 heavy (non-hydrogen) atoms. The number of benzene rings is 7. The molecule has 0 atom stereocenters. The molecule has 0 spiro atoms. The van der Waals surface area contributed by atoms with E-state index in [9.17, 15) is 0 Å². The van der Waals surface area contributed by atoms with Crippen molar-refractivity contribution in [3.05, 3.63) is 151 Å². The van der Waals surface area contributed by atoms with Crippen molar-refractivity contribution >= 4 is 49.6 Å². The number of nitrogens with zero attached hydrogens (tertiary/aromatic N) is 3. The maximum absolute atomic E-state index is 4.91. The van der Waals surface area contributed by atoms with E-state index in [1.165, 1.54) is 43.8 Å². The zero-order valence-electron chi connectivity index (χ0n) is 23.7. The number of aromatic nitrogens is 2. The molecule has 0 saturated carbocycles. The standard InChI is InChI=1S/C40H27N3/c1-26-41-36-16-9-17-38-40(36)42(26)37-23-22-29(25-39(37)43(38)31-11-3-2-4-12-31)27-18-20-28(21-19-27)35-24-30-10-5-6-13-32(30)33-14-7-8-15-34(33)35/h2-25H,1H3. The van der Waals surface area contributed by atoms with Gasteiger partial charge in [-0.15, -0.1) is 0 Å². The van der Waals surface area contributed by atoms with Crippen LogP contribution in [-0.2, 0) is 0 Å². The van der Waals surface area contributed by atoms with Gasteiger partial charge in [-0.05, 0) is 93.2 Å². The fourth-order valence-corrected chi connectivity index (χ4v) is 6.89. The third-order valence-electron chi connectivity index (χ3n) is 8.83. The molecule has 3 heteroatoms. The van der Waals surface area contributed by atoms with E-state index in [0.717, 1.165) is 39.6 Å². The van der Waals surface area contributed by atoms with Crippen molar-refractivity contribution in [3.63, 3.8) is 0 Å². The molecule has 0 unspecified atom stereocenters. The van der Waals surface area contributed by atoms with Crippen LogP contribution < -0.4 is 4.90 Å². The van der Waals surface area contributed by atoms with Crippen molar-refractivity contribution in [3.8, 4) is 27.9 Å². The first-order valence-electron chi connectivity index (χ1n) is 14.7. The highest BCUT2D eigenvalue weighted by Crippen LogP contribution is 2.48. The van der Waals surface area contributed by atoms with Crippen LogP contribution in [0.2, 0.25) is 0 Å². The normalized spacial score (nSPS) is 12.3. The van der Waals surface area contributed by atoms with E-state index >= 15 is 0 Å². The summed E-state index contributed by atoms with van der Waals surface area (Å²) < 4.78 is 2.30. The monoisotopic (exact) mass is 549 g/mol. The molecule has 0 bridgehead atoms. The summed E-state index contributed by atoms with van der Waals surface area (Å²) in [6.07, 6.45) is 0. The van der Waals surface area contributed by atoms with Crippen LogP contribution >= 0.6 is 0 Å². The molecular weight excluding hydrogens is 522 g/mol. The van der Waals surface area contributed by atoms with Crippen LogP contribution in [0.3, 0.4) is 0 Å². The first kappa shape index (κ1) is 24.0. The average Bonchev–Trinajstić information content (AvgIpc) is 3.41. The highest BCUT2D eigenvalue weighted by atomic mass is 15.2. The third-order valence-corrected chi connectivity index (χ3v) is 8.83. The molecule has 0 radical (unpaired) electrons. The second-order valence-corrected chi connectivity index (χ2v) is 11.3. The molecule has 1 aliphatic rings. The Kier molecular flexibility index (Phi) is 5.11. The SMILES string of the molecule is Cc1nc2cccc3c2n1-c1ccc(-c2ccc(-c4cc5ccccc5c5ccccc45)cc2)cc1N3c1ccccc1. The molecule has 0 fully saturated rings. The minimum absolute atomic E-state index is 0.996. The second kappa shape index (κ2) is 9.17. The minimum atomic E-state index is 0.996. The van der Waals surface area contributed by atoms with Gasteiger partial charge in [0.25, 0.3) is 0 Å². The Morgan fingerprint density at radius 1 is 0.488 bits per heavy atom. The molecular formula is C40H27N3. The topological polar surface area (TPSA) is 21.1 Å². The Hall–Kier alpha value is -5.67. The lowest BCUT2D eigenvalue weighted by molar-refractivity contribution is 0.982. The highest BCUT2D eigenvalue weighted by Gasteiger charge is 2.28. The summed E-state index contributed by atoms with van der Waals surface area (Å²) >= 11 is 0. The zero-order valence-corrected chi connectivity index (χ0v) is 23.7. The van der Waals surface area contributed by atoms with Crippen LogP contribution in [0.25, 0.3) is 60.5 Å². The Morgan fingerprint density at radius 2 is 1.19 bits per heavy atom. The predicted octanol–water partition coefficient (Wildman–Crippen LogP) is 10.8. The molecule has 9 rings (SSSR count). The Morgan fingerprint density at radius 3 is 2.02 bits per heavy atom. The smallest absolute Gasteiger partial charge is 0.111 e. The maximum Gasteiger partial charge on any atom is 0.111 e. The first-order valence-corrected chi connectivity index (χ1v) is 14.7. The number of fused-ring (bicyclic) bond motifs is 5. The lowest BCUT2D eigenvalue weighted by Gasteiger charge is -2.33. The molecule has 0 saturated heterocycles. The number of imidazole rings is 1. The van der Waals surface area contributed by atoms with Crippen LogP contribution in [0.5, 0.6) is 0 Å². The Balaban J connectivity index is 1.19. The molecule has 202 valence electrons. The van der Waals surface area contributed by atoms with Crippen LogP contribution in [0.15, 0.2) is 146 Å². The number of para-hydroxylation sites is 2. The molecule has 0 amide bonds. The summed E-state index contributed by atoms with van der Waals surface area (Å²) in [6.45, 7) is 2.09. The number of aryl methyl sites for hydroxylation is 1. The fourth-order valence-electron chi connectivity index (χ4n) is 6.89. The van der Waals surface area contributed by atoms with Crippen LogP contribution in [-0.4, -0.2) is 9.55 Å². The zero-order chi connectivity index (χ0) is 28.5. The van der Waals surface area contributed by atoms with Gasteiger partial charge in [0, 0.05) is 5.69 Å². The molecule has 3 nitrogen and oxygen atoms in total. The lowest BCUT2D eigenvalue weighted by Crippen LogP contribution is -2.18. The van der Waals surface area contributed by atoms with Gasteiger partial charge in [-0.25, -0.2) is 4.98 Å². The predicted molar refractivity (Wildman–Crippen MR) is 180 cm³/mol. The summed E-state index contributed by atoms with van der Waals surface area (Å²) in [5.74, 6) is 0.996. The third kappa shape index (κ3) is 3.58. The summed E-state index contributed by atoms with van der Waals surface area (Å²) in [7, 11) is 0. The molecule has 7 aromatic carbocycles. The second-order valence-electron chi connectivity index (χ2n) is 11.3.